The molecule has 0 bridgehead atoms. The molecule has 0 spiro atoms. The fourth-order valence-electron chi connectivity index (χ4n) is 2.31. The third-order valence-corrected chi connectivity index (χ3v) is 3.50. The zero-order valence-corrected chi connectivity index (χ0v) is 12.6. The van der Waals surface area contributed by atoms with Gasteiger partial charge in [0.2, 0.25) is 0 Å². The normalized spacial score (nSPS) is 10.3. The van der Waals surface area contributed by atoms with E-state index in [4.69, 9.17) is 0 Å². The van der Waals surface area contributed by atoms with Crippen LogP contribution in [-0.4, -0.2) is 10.8 Å². The van der Waals surface area contributed by atoms with Gasteiger partial charge in [-0.25, -0.2) is 0 Å². The maximum Gasteiger partial charge on any atom is 0.273 e. The Labute approximate surface area is 129 Å². The molecule has 0 saturated carbocycles. The van der Waals surface area contributed by atoms with Gasteiger partial charge in [-0.2, -0.15) is 0 Å². The number of anilines is 1. The lowest BCUT2D eigenvalue weighted by atomic mass is 10.1. The molecule has 0 aliphatic carbocycles. The number of rotatable bonds is 5. The first-order valence-electron chi connectivity index (χ1n) is 7.17. The van der Waals surface area contributed by atoms with Crippen LogP contribution >= 0.6 is 0 Å². The molecule has 2 rings (SSSR count). The third kappa shape index (κ3) is 3.49. The summed E-state index contributed by atoms with van der Waals surface area (Å²) < 4.78 is 0. The van der Waals surface area contributed by atoms with Crippen LogP contribution in [0.25, 0.3) is 0 Å². The van der Waals surface area contributed by atoms with E-state index in [0.717, 1.165) is 12.8 Å². The van der Waals surface area contributed by atoms with Crippen molar-refractivity contribution in [3.8, 4) is 0 Å². The lowest BCUT2D eigenvalue weighted by molar-refractivity contribution is -0.385. The molecule has 5 heteroatoms. The Morgan fingerprint density at radius 2 is 1.86 bits per heavy atom. The summed E-state index contributed by atoms with van der Waals surface area (Å²) in [6.07, 6.45) is 2.07. The van der Waals surface area contributed by atoms with E-state index in [9.17, 15) is 14.9 Å². The molecule has 1 N–H and O–H groups in total. The molecule has 0 aromatic heterocycles. The van der Waals surface area contributed by atoms with E-state index in [0.29, 0.717) is 16.8 Å². The summed E-state index contributed by atoms with van der Waals surface area (Å²) in [7, 11) is 0. The van der Waals surface area contributed by atoms with Crippen molar-refractivity contribution < 1.29 is 9.72 Å². The number of nitro benzene ring substituents is 1. The van der Waals surface area contributed by atoms with Crippen molar-refractivity contribution in [3.05, 3.63) is 69.3 Å². The highest BCUT2D eigenvalue weighted by atomic mass is 16.6. The molecule has 0 saturated heterocycles. The second kappa shape index (κ2) is 6.85. The fraction of sp³-hybridized carbons (Fsp3) is 0.235. The monoisotopic (exact) mass is 298 g/mol. The summed E-state index contributed by atoms with van der Waals surface area (Å²) in [6, 6.07) is 12.1. The summed E-state index contributed by atoms with van der Waals surface area (Å²) in [5, 5.41) is 13.7. The van der Waals surface area contributed by atoms with Crippen molar-refractivity contribution in [1.82, 2.24) is 0 Å². The standard InChI is InChI=1S/C17H18N2O3/c1-3-5-13-8-10-14(11-9-13)18-17(20)15-6-4-7-16(12(15)2)19(21)22/h4,6-11H,3,5H2,1-2H3,(H,18,20). The maximum absolute atomic E-state index is 12.3. The van der Waals surface area contributed by atoms with Gasteiger partial charge in [-0.15, -0.1) is 0 Å². The predicted octanol–water partition coefficient (Wildman–Crippen LogP) is 4.11. The Kier molecular flexibility index (Phi) is 4.88. The van der Waals surface area contributed by atoms with Crippen molar-refractivity contribution in [2.75, 3.05) is 5.32 Å². The summed E-state index contributed by atoms with van der Waals surface area (Å²) in [5.41, 5.74) is 2.52. The number of nitrogens with zero attached hydrogens (tertiary/aromatic N) is 1. The zero-order chi connectivity index (χ0) is 16.1. The molecule has 2 aromatic rings. The van der Waals surface area contributed by atoms with Gasteiger partial charge in [0.1, 0.15) is 0 Å². The molecule has 0 fully saturated rings. The zero-order valence-electron chi connectivity index (χ0n) is 12.6. The minimum atomic E-state index is -0.481. The van der Waals surface area contributed by atoms with Crippen LogP contribution in [0.4, 0.5) is 11.4 Å². The first-order chi connectivity index (χ1) is 10.5. The van der Waals surface area contributed by atoms with Gasteiger partial charge < -0.3 is 5.32 Å². The highest BCUT2D eigenvalue weighted by Gasteiger charge is 2.17. The Balaban J connectivity index is 2.19. The SMILES string of the molecule is CCCc1ccc(NC(=O)c2cccc([N+](=O)[O-])c2C)cc1. The van der Waals surface area contributed by atoms with Crippen LogP contribution in [0.15, 0.2) is 42.5 Å². The molecule has 5 nitrogen and oxygen atoms in total. The lowest BCUT2D eigenvalue weighted by Crippen LogP contribution is -2.14. The van der Waals surface area contributed by atoms with E-state index in [1.165, 1.54) is 17.7 Å². The summed E-state index contributed by atoms with van der Waals surface area (Å²) in [4.78, 5) is 22.7. The van der Waals surface area contributed by atoms with Crippen LogP contribution in [0.2, 0.25) is 0 Å². The summed E-state index contributed by atoms with van der Waals surface area (Å²) in [5.74, 6) is -0.343. The molecule has 0 heterocycles. The van der Waals surface area contributed by atoms with Crippen LogP contribution in [0.3, 0.4) is 0 Å². The molecule has 114 valence electrons. The van der Waals surface area contributed by atoms with Crippen LogP contribution in [-0.2, 0) is 6.42 Å². The molecule has 0 aliphatic heterocycles. The van der Waals surface area contributed by atoms with Crippen LogP contribution < -0.4 is 5.32 Å². The number of amides is 1. The summed E-state index contributed by atoms with van der Waals surface area (Å²) >= 11 is 0. The van der Waals surface area contributed by atoms with E-state index in [1.807, 2.05) is 24.3 Å². The van der Waals surface area contributed by atoms with Crippen LogP contribution in [0.5, 0.6) is 0 Å². The summed E-state index contributed by atoms with van der Waals surface area (Å²) in [6.45, 7) is 3.69. The Hall–Kier alpha value is -2.69. The molecular weight excluding hydrogens is 280 g/mol. The van der Waals surface area contributed by atoms with Gasteiger partial charge in [-0.05, 0) is 37.1 Å². The highest BCUT2D eigenvalue weighted by Crippen LogP contribution is 2.22. The molecule has 0 atom stereocenters. The molecular formula is C17H18N2O3. The van der Waals surface area contributed by atoms with E-state index in [1.54, 1.807) is 13.0 Å². The number of aryl methyl sites for hydroxylation is 1. The lowest BCUT2D eigenvalue weighted by Gasteiger charge is -2.08. The average Bonchev–Trinajstić information content (AvgIpc) is 2.49. The number of nitro groups is 1. The fourth-order valence-corrected chi connectivity index (χ4v) is 2.31. The first-order valence-corrected chi connectivity index (χ1v) is 7.17. The number of carbonyl (C=O) groups excluding carboxylic acids is 1. The molecule has 0 unspecified atom stereocenters. The van der Waals surface area contributed by atoms with Crippen molar-refractivity contribution in [1.29, 1.82) is 0 Å². The van der Waals surface area contributed by atoms with E-state index in [2.05, 4.69) is 12.2 Å². The Bertz CT molecular complexity index is 694. The van der Waals surface area contributed by atoms with Gasteiger partial charge in [-0.3, -0.25) is 14.9 Å². The number of hydrogen-bond donors (Lipinski definition) is 1. The predicted molar refractivity (Wildman–Crippen MR) is 86.2 cm³/mol. The number of nitrogens with one attached hydrogen (secondary N) is 1. The molecule has 2 aromatic carbocycles. The van der Waals surface area contributed by atoms with Crippen molar-refractivity contribution in [2.45, 2.75) is 26.7 Å². The van der Waals surface area contributed by atoms with Gasteiger partial charge in [0.25, 0.3) is 11.6 Å². The quantitative estimate of drug-likeness (QED) is 0.667. The highest BCUT2D eigenvalue weighted by molar-refractivity contribution is 6.05. The average molecular weight is 298 g/mol. The van der Waals surface area contributed by atoms with E-state index < -0.39 is 4.92 Å². The second-order valence-corrected chi connectivity index (χ2v) is 5.11. The van der Waals surface area contributed by atoms with Gasteiger partial charge in [0.15, 0.2) is 0 Å². The smallest absolute Gasteiger partial charge is 0.273 e. The van der Waals surface area contributed by atoms with Crippen LogP contribution in [0.1, 0.15) is 34.8 Å². The molecule has 22 heavy (non-hydrogen) atoms. The Morgan fingerprint density at radius 3 is 2.45 bits per heavy atom. The topological polar surface area (TPSA) is 72.2 Å². The number of benzene rings is 2. The van der Waals surface area contributed by atoms with Gasteiger partial charge >= 0.3 is 0 Å². The minimum Gasteiger partial charge on any atom is -0.322 e. The van der Waals surface area contributed by atoms with E-state index >= 15 is 0 Å². The van der Waals surface area contributed by atoms with Crippen LogP contribution in [0, 0.1) is 17.0 Å². The Morgan fingerprint density at radius 1 is 1.18 bits per heavy atom. The number of hydrogen-bond acceptors (Lipinski definition) is 3. The second-order valence-electron chi connectivity index (χ2n) is 5.11. The third-order valence-electron chi connectivity index (χ3n) is 3.50. The number of carbonyl (C=O) groups is 1. The first kappa shape index (κ1) is 15.7. The molecule has 0 radical (unpaired) electrons. The van der Waals surface area contributed by atoms with E-state index in [-0.39, 0.29) is 11.6 Å². The van der Waals surface area contributed by atoms with Crippen molar-refractivity contribution in [2.24, 2.45) is 0 Å². The van der Waals surface area contributed by atoms with Gasteiger partial charge in [0.05, 0.1) is 4.92 Å². The maximum atomic E-state index is 12.3. The van der Waals surface area contributed by atoms with Crippen molar-refractivity contribution >= 4 is 17.3 Å². The largest absolute Gasteiger partial charge is 0.322 e. The van der Waals surface area contributed by atoms with Gasteiger partial charge in [-0.1, -0.05) is 31.5 Å². The molecule has 1 amide bonds. The molecule has 0 aliphatic rings. The van der Waals surface area contributed by atoms with Gasteiger partial charge in [0, 0.05) is 22.9 Å². The van der Waals surface area contributed by atoms with Crippen molar-refractivity contribution in [3.63, 3.8) is 0 Å². The minimum absolute atomic E-state index is 0.0501.